The molecular weight excluding hydrogens is 313 g/mol. The van der Waals surface area contributed by atoms with Crippen LogP contribution >= 0.6 is 15.9 Å². The zero-order valence-corrected chi connectivity index (χ0v) is 11.4. The average Bonchev–Trinajstić information content (AvgIpc) is 2.40. The third kappa shape index (κ3) is 2.10. The van der Waals surface area contributed by atoms with E-state index in [1.807, 2.05) is 6.07 Å². The van der Waals surface area contributed by atoms with Gasteiger partial charge < -0.3 is 4.74 Å². The highest BCUT2D eigenvalue weighted by Crippen LogP contribution is 2.39. The first-order valence-electron chi connectivity index (χ1n) is 5.66. The summed E-state index contributed by atoms with van der Waals surface area (Å²) in [5, 5.41) is 0. The van der Waals surface area contributed by atoms with Gasteiger partial charge in [0.2, 0.25) is 0 Å². The molecular formula is C14H9BrFNO2. The summed E-state index contributed by atoms with van der Waals surface area (Å²) in [6, 6.07) is 11.5. The van der Waals surface area contributed by atoms with Crippen molar-refractivity contribution < 1.29 is 13.9 Å². The number of ether oxygens (including phenoxy) is 1. The minimum atomic E-state index is -0.441. The Kier molecular flexibility index (Phi) is 2.98. The molecule has 0 unspecified atom stereocenters. The number of carbonyl (C=O) groups excluding carboxylic acids is 1. The lowest BCUT2D eigenvalue weighted by Gasteiger charge is -2.29. The number of anilines is 2. The van der Waals surface area contributed by atoms with Gasteiger partial charge in [-0.3, -0.25) is 9.69 Å². The van der Waals surface area contributed by atoms with Crippen molar-refractivity contribution in [2.75, 3.05) is 11.5 Å². The fourth-order valence-corrected chi connectivity index (χ4v) is 2.37. The lowest BCUT2D eigenvalue weighted by atomic mass is 10.2. The molecule has 2 aromatic carbocycles. The van der Waals surface area contributed by atoms with Gasteiger partial charge in [-0.05, 0) is 30.3 Å². The number of amides is 1. The number of fused-ring (bicyclic) bond motifs is 1. The van der Waals surface area contributed by atoms with Gasteiger partial charge in [-0.25, -0.2) is 4.39 Å². The van der Waals surface area contributed by atoms with E-state index in [0.29, 0.717) is 11.4 Å². The third-order valence-corrected chi connectivity index (χ3v) is 3.35. The van der Waals surface area contributed by atoms with Gasteiger partial charge >= 0.3 is 0 Å². The van der Waals surface area contributed by atoms with Gasteiger partial charge in [-0.15, -0.1) is 0 Å². The highest BCUT2D eigenvalue weighted by molar-refractivity contribution is 9.10. The second-order valence-corrected chi connectivity index (χ2v) is 5.00. The van der Waals surface area contributed by atoms with Crippen LogP contribution < -0.4 is 9.64 Å². The summed E-state index contributed by atoms with van der Waals surface area (Å²) in [4.78, 5) is 13.4. The fourth-order valence-electron chi connectivity index (χ4n) is 2.02. The van der Waals surface area contributed by atoms with Gasteiger partial charge in [-0.2, -0.15) is 0 Å². The first kappa shape index (κ1) is 12.2. The summed E-state index contributed by atoms with van der Waals surface area (Å²) in [6.45, 7) is -0.0943. The van der Waals surface area contributed by atoms with Crippen molar-refractivity contribution >= 4 is 33.2 Å². The molecule has 0 bridgehead atoms. The Labute approximate surface area is 117 Å². The summed E-state index contributed by atoms with van der Waals surface area (Å²) in [6.07, 6.45) is 0. The molecule has 96 valence electrons. The van der Waals surface area contributed by atoms with E-state index < -0.39 is 5.82 Å². The number of para-hydroxylation sites is 1. The fraction of sp³-hybridized carbons (Fsp3) is 0.0714. The summed E-state index contributed by atoms with van der Waals surface area (Å²) in [7, 11) is 0. The minimum absolute atomic E-state index is 0.0943. The van der Waals surface area contributed by atoms with E-state index in [9.17, 15) is 9.18 Å². The van der Waals surface area contributed by atoms with Crippen LogP contribution in [0, 0.1) is 5.82 Å². The molecule has 1 aliphatic rings. The van der Waals surface area contributed by atoms with Crippen molar-refractivity contribution in [3.63, 3.8) is 0 Å². The van der Waals surface area contributed by atoms with Gasteiger partial charge in [0.15, 0.2) is 6.61 Å². The molecule has 0 atom stereocenters. The summed E-state index contributed by atoms with van der Waals surface area (Å²) in [5.41, 5.74) is 0.769. The molecule has 0 N–H and O–H groups in total. The molecule has 3 nitrogen and oxygen atoms in total. The van der Waals surface area contributed by atoms with Crippen LogP contribution in [0.2, 0.25) is 0 Å². The Hall–Kier alpha value is -1.88. The maximum absolute atomic E-state index is 13.9. The smallest absolute Gasteiger partial charge is 0.269 e. The van der Waals surface area contributed by atoms with Gasteiger partial charge in [0.1, 0.15) is 11.6 Å². The summed E-state index contributed by atoms with van der Waals surface area (Å²) in [5.74, 6) is -0.176. The second kappa shape index (κ2) is 4.66. The predicted octanol–water partition coefficient (Wildman–Crippen LogP) is 3.65. The minimum Gasteiger partial charge on any atom is -0.482 e. The molecule has 1 aliphatic heterocycles. The normalized spacial score (nSPS) is 14.0. The van der Waals surface area contributed by atoms with Crippen molar-refractivity contribution in [1.29, 1.82) is 0 Å². The molecule has 2 aromatic rings. The van der Waals surface area contributed by atoms with Crippen LogP contribution in [0.4, 0.5) is 15.8 Å². The number of hydrogen-bond donors (Lipinski definition) is 0. The first-order chi connectivity index (χ1) is 9.16. The van der Waals surface area contributed by atoms with Crippen LogP contribution in [0.1, 0.15) is 0 Å². The van der Waals surface area contributed by atoms with Crippen molar-refractivity contribution in [3.8, 4) is 5.75 Å². The maximum atomic E-state index is 13.9. The van der Waals surface area contributed by atoms with Gasteiger partial charge in [0.05, 0.1) is 11.4 Å². The largest absolute Gasteiger partial charge is 0.482 e. The van der Waals surface area contributed by atoms with Crippen LogP contribution in [-0.4, -0.2) is 12.5 Å². The Morgan fingerprint density at radius 2 is 1.95 bits per heavy atom. The van der Waals surface area contributed by atoms with Crippen molar-refractivity contribution in [3.05, 3.63) is 52.8 Å². The number of rotatable bonds is 1. The van der Waals surface area contributed by atoms with Crippen molar-refractivity contribution in [2.24, 2.45) is 0 Å². The number of hydrogen-bond acceptors (Lipinski definition) is 2. The van der Waals surface area contributed by atoms with E-state index in [2.05, 4.69) is 15.9 Å². The lowest BCUT2D eigenvalue weighted by molar-refractivity contribution is -0.120. The van der Waals surface area contributed by atoms with Gasteiger partial charge in [-0.1, -0.05) is 28.1 Å². The number of nitrogens with zero attached hydrogens (tertiary/aromatic N) is 1. The lowest BCUT2D eigenvalue weighted by Crippen LogP contribution is -2.35. The monoisotopic (exact) mass is 321 g/mol. The van der Waals surface area contributed by atoms with E-state index in [4.69, 9.17) is 4.74 Å². The average molecular weight is 322 g/mol. The van der Waals surface area contributed by atoms with Gasteiger partial charge in [0.25, 0.3) is 5.91 Å². The van der Waals surface area contributed by atoms with Crippen LogP contribution in [0.3, 0.4) is 0 Å². The molecule has 3 rings (SSSR count). The zero-order valence-electron chi connectivity index (χ0n) is 9.77. The number of halogens is 2. The first-order valence-corrected chi connectivity index (χ1v) is 6.46. The SMILES string of the molecule is O=C1COc2ccc(Br)cc2N1c1ccccc1F. The van der Waals surface area contributed by atoms with E-state index in [-0.39, 0.29) is 18.2 Å². The van der Waals surface area contributed by atoms with Crippen LogP contribution in [0.5, 0.6) is 5.75 Å². The molecule has 0 saturated carbocycles. The highest BCUT2D eigenvalue weighted by Gasteiger charge is 2.28. The number of carbonyl (C=O) groups is 1. The molecule has 0 saturated heterocycles. The third-order valence-electron chi connectivity index (χ3n) is 2.86. The summed E-state index contributed by atoms with van der Waals surface area (Å²) >= 11 is 3.34. The molecule has 1 heterocycles. The Morgan fingerprint density at radius 1 is 1.16 bits per heavy atom. The standard InChI is InChI=1S/C14H9BrFNO2/c15-9-5-6-13-12(7-9)17(14(18)8-19-13)11-4-2-1-3-10(11)16/h1-7H,8H2. The Morgan fingerprint density at radius 3 is 2.74 bits per heavy atom. The van der Waals surface area contributed by atoms with Crippen molar-refractivity contribution in [1.82, 2.24) is 0 Å². The van der Waals surface area contributed by atoms with E-state index in [1.54, 1.807) is 30.3 Å². The van der Waals surface area contributed by atoms with Crippen LogP contribution in [0.25, 0.3) is 0 Å². The van der Waals surface area contributed by atoms with Crippen LogP contribution in [-0.2, 0) is 4.79 Å². The van der Waals surface area contributed by atoms with E-state index in [1.165, 1.54) is 11.0 Å². The van der Waals surface area contributed by atoms with Gasteiger partial charge in [0, 0.05) is 4.47 Å². The van der Waals surface area contributed by atoms with Crippen LogP contribution in [0.15, 0.2) is 46.9 Å². The quantitative estimate of drug-likeness (QED) is 0.802. The maximum Gasteiger partial charge on any atom is 0.269 e. The molecule has 0 fully saturated rings. The molecule has 0 aromatic heterocycles. The molecule has 5 heteroatoms. The summed E-state index contributed by atoms with van der Waals surface area (Å²) < 4.78 is 20.0. The Balaban J connectivity index is 2.19. The van der Waals surface area contributed by atoms with Crippen molar-refractivity contribution in [2.45, 2.75) is 0 Å². The second-order valence-electron chi connectivity index (χ2n) is 4.08. The van der Waals surface area contributed by atoms with E-state index in [0.717, 1.165) is 4.47 Å². The Bertz CT molecular complexity index is 660. The topological polar surface area (TPSA) is 29.5 Å². The molecule has 0 aliphatic carbocycles. The molecule has 1 amide bonds. The van der Waals surface area contributed by atoms with E-state index >= 15 is 0 Å². The molecule has 0 radical (unpaired) electrons. The highest BCUT2D eigenvalue weighted by atomic mass is 79.9. The number of benzene rings is 2. The molecule has 0 spiro atoms. The molecule has 19 heavy (non-hydrogen) atoms. The predicted molar refractivity (Wildman–Crippen MR) is 73.2 cm³/mol. The zero-order chi connectivity index (χ0) is 13.4.